The van der Waals surface area contributed by atoms with Crippen molar-refractivity contribution < 1.29 is 41.8 Å². The first-order chi connectivity index (χ1) is 24.9. The van der Waals surface area contributed by atoms with Crippen molar-refractivity contribution in [2.24, 2.45) is 17.8 Å². The molecule has 2 aromatic carbocycles. The third-order valence-corrected chi connectivity index (χ3v) is 8.72. The molecule has 2 aromatic rings. The second kappa shape index (κ2) is 21.3. The summed E-state index contributed by atoms with van der Waals surface area (Å²) in [5.74, 6) is -11.3. The van der Waals surface area contributed by atoms with Crippen LogP contribution in [0.15, 0.2) is 36.9 Å². The Morgan fingerprint density at radius 1 is 0.755 bits per heavy atom. The Morgan fingerprint density at radius 3 is 1.81 bits per heavy atom. The molecule has 6 N–H and O–H groups in total. The van der Waals surface area contributed by atoms with Gasteiger partial charge in [0.1, 0.15) is 18.4 Å². The van der Waals surface area contributed by atoms with Crippen LogP contribution in [0.5, 0.6) is 5.75 Å². The van der Waals surface area contributed by atoms with Crippen molar-refractivity contribution in [2.45, 2.75) is 111 Å². The van der Waals surface area contributed by atoms with Crippen LogP contribution in [0.25, 0.3) is 5.70 Å². The van der Waals surface area contributed by atoms with Crippen LogP contribution in [-0.2, 0) is 25.6 Å². The summed E-state index contributed by atoms with van der Waals surface area (Å²) in [6.07, 6.45) is 2.27. The third kappa shape index (κ3) is 13.5. The van der Waals surface area contributed by atoms with Gasteiger partial charge in [0, 0.05) is 18.3 Å². The van der Waals surface area contributed by atoms with Crippen LogP contribution >= 0.6 is 0 Å². The van der Waals surface area contributed by atoms with E-state index >= 15 is 0 Å². The van der Waals surface area contributed by atoms with Gasteiger partial charge in [-0.1, -0.05) is 85.4 Å². The maximum atomic E-state index is 14.7. The van der Waals surface area contributed by atoms with E-state index in [1.807, 2.05) is 65.0 Å². The molecule has 14 heteroatoms. The summed E-state index contributed by atoms with van der Waals surface area (Å²) < 4.78 is 57.7. The lowest BCUT2D eigenvalue weighted by Gasteiger charge is -2.29. The Hall–Kier alpha value is -4.46. The maximum absolute atomic E-state index is 14.7. The largest absolute Gasteiger partial charge is 0.503 e. The van der Waals surface area contributed by atoms with E-state index < -0.39 is 82.3 Å². The van der Waals surface area contributed by atoms with Gasteiger partial charge < -0.3 is 36.5 Å². The number of amides is 3. The smallest absolute Gasteiger partial charge is 0.243 e. The van der Waals surface area contributed by atoms with Crippen molar-refractivity contribution in [1.29, 1.82) is 0 Å². The van der Waals surface area contributed by atoms with Crippen LogP contribution < -0.4 is 26.6 Å². The van der Waals surface area contributed by atoms with Crippen molar-refractivity contribution in [3.63, 3.8) is 0 Å². The molecular formula is C39H55F4N5O5. The number of aldehydes is 1. The molecule has 0 aliphatic rings. The molecule has 10 nitrogen and oxygen atoms in total. The normalized spacial score (nSPS) is 14.3. The number of nitrogens with one attached hydrogen (secondary N) is 5. The zero-order valence-corrected chi connectivity index (χ0v) is 31.6. The Morgan fingerprint density at radius 2 is 1.30 bits per heavy atom. The summed E-state index contributed by atoms with van der Waals surface area (Å²) in [6, 6.07) is 5.18. The molecule has 3 unspecified atom stereocenters. The zero-order valence-electron chi connectivity index (χ0n) is 31.6. The fraction of sp³-hybridized carbons (Fsp3) is 0.538. The van der Waals surface area contributed by atoms with Gasteiger partial charge >= 0.3 is 0 Å². The maximum Gasteiger partial charge on any atom is 0.243 e. The molecular weight excluding hydrogens is 694 g/mol. The molecule has 0 bridgehead atoms. The molecule has 0 radical (unpaired) electrons. The van der Waals surface area contributed by atoms with E-state index in [4.69, 9.17) is 0 Å². The average Bonchev–Trinajstić information content (AvgIpc) is 3.10. The van der Waals surface area contributed by atoms with E-state index in [1.54, 1.807) is 13.8 Å². The molecule has 3 amide bonds. The number of halogens is 4. The minimum atomic E-state index is -2.01. The fourth-order valence-corrected chi connectivity index (χ4v) is 5.76. The Bertz CT molecular complexity index is 1530. The van der Waals surface area contributed by atoms with E-state index in [1.165, 1.54) is 0 Å². The molecule has 0 fully saturated rings. The Balaban J connectivity index is 2.35. The quantitative estimate of drug-likeness (QED) is 0.0546. The van der Waals surface area contributed by atoms with Crippen molar-refractivity contribution in [1.82, 2.24) is 26.6 Å². The van der Waals surface area contributed by atoms with Crippen molar-refractivity contribution >= 4 is 29.7 Å². The highest BCUT2D eigenvalue weighted by atomic mass is 19.2. The highest BCUT2D eigenvalue weighted by Crippen LogP contribution is 2.31. The number of hydrogen-bond donors (Lipinski definition) is 6. The summed E-state index contributed by atoms with van der Waals surface area (Å²) in [5.41, 5.74) is -0.958. The van der Waals surface area contributed by atoms with Crippen molar-refractivity contribution in [3.05, 3.63) is 71.3 Å². The van der Waals surface area contributed by atoms with Gasteiger partial charge in [-0.05, 0) is 55.4 Å². The minimum absolute atomic E-state index is 0.0757. The Kier molecular flexibility index (Phi) is 18.0. The summed E-state index contributed by atoms with van der Waals surface area (Å²) in [4.78, 5) is 52.2. The third-order valence-electron chi connectivity index (χ3n) is 8.72. The molecule has 5 atom stereocenters. The number of aromatic hydroxyl groups is 1. The highest BCUT2D eigenvalue weighted by Gasteiger charge is 2.32. The van der Waals surface area contributed by atoms with E-state index in [-0.39, 0.29) is 43.0 Å². The van der Waals surface area contributed by atoms with Crippen LogP contribution in [-0.4, -0.2) is 65.9 Å². The predicted molar refractivity (Wildman–Crippen MR) is 196 cm³/mol. The number of hydrogen-bond acceptors (Lipinski definition) is 7. The van der Waals surface area contributed by atoms with E-state index in [0.717, 1.165) is 5.56 Å². The van der Waals surface area contributed by atoms with E-state index in [0.29, 0.717) is 25.5 Å². The minimum Gasteiger partial charge on any atom is -0.503 e. The molecule has 0 saturated heterocycles. The molecule has 0 saturated carbocycles. The molecule has 0 aliphatic carbocycles. The summed E-state index contributed by atoms with van der Waals surface area (Å²) in [5, 5.41) is 23.7. The first-order valence-corrected chi connectivity index (χ1v) is 18.1. The van der Waals surface area contributed by atoms with E-state index in [9.17, 15) is 41.8 Å². The number of carbonyl (C=O) groups excluding carboxylic acids is 4. The predicted octanol–water partition coefficient (Wildman–Crippen LogP) is 5.28. The van der Waals surface area contributed by atoms with Crippen LogP contribution in [0.3, 0.4) is 0 Å². The molecule has 0 aliphatic heterocycles. The SMILES string of the molecule is C=C(NC(CC(C)C)C(=O)N[C@@H](CCc1ccccc1)C(=O)NC(CN[C@@H](CC)C(=O)NC(C=O)C(C)C)CC(C)C)c1c(F)c(F)c(O)c(F)c1F. The van der Waals surface area contributed by atoms with Gasteiger partial charge in [0.25, 0.3) is 0 Å². The van der Waals surface area contributed by atoms with Gasteiger partial charge in [-0.25, -0.2) is 8.78 Å². The molecule has 0 heterocycles. The lowest BCUT2D eigenvalue weighted by molar-refractivity contribution is -0.130. The number of carbonyl (C=O) groups is 4. The van der Waals surface area contributed by atoms with Crippen LogP contribution in [0.1, 0.15) is 85.3 Å². The number of aryl methyl sites for hydroxylation is 1. The lowest BCUT2D eigenvalue weighted by atomic mass is 9.99. The number of phenols is 1. The second-order valence-electron chi connectivity index (χ2n) is 14.5. The highest BCUT2D eigenvalue weighted by molar-refractivity contribution is 5.91. The van der Waals surface area contributed by atoms with Crippen molar-refractivity contribution in [3.8, 4) is 5.75 Å². The van der Waals surface area contributed by atoms with Gasteiger partial charge in [-0.2, -0.15) is 8.78 Å². The Labute approximate surface area is 310 Å². The number of benzene rings is 2. The van der Waals surface area contributed by atoms with E-state index in [2.05, 4.69) is 33.2 Å². The first-order valence-electron chi connectivity index (χ1n) is 18.1. The first kappa shape index (κ1) is 44.7. The molecule has 53 heavy (non-hydrogen) atoms. The van der Waals surface area contributed by atoms with Crippen molar-refractivity contribution in [2.75, 3.05) is 6.54 Å². The number of phenolic OH excluding ortho intramolecular Hbond substituents is 1. The fourth-order valence-electron chi connectivity index (χ4n) is 5.76. The van der Waals surface area contributed by atoms with Gasteiger partial charge in [0.15, 0.2) is 17.4 Å². The lowest BCUT2D eigenvalue weighted by Crippen LogP contribution is -2.56. The molecule has 294 valence electrons. The topological polar surface area (TPSA) is 149 Å². The summed E-state index contributed by atoms with van der Waals surface area (Å²) in [7, 11) is 0. The van der Waals surface area contributed by atoms with Gasteiger partial charge in [0.05, 0.1) is 17.6 Å². The van der Waals surface area contributed by atoms with Crippen LogP contribution in [0.4, 0.5) is 17.6 Å². The monoisotopic (exact) mass is 749 g/mol. The summed E-state index contributed by atoms with van der Waals surface area (Å²) in [6.45, 7) is 16.7. The molecule has 2 rings (SSSR count). The average molecular weight is 750 g/mol. The van der Waals surface area contributed by atoms with Gasteiger partial charge in [-0.15, -0.1) is 0 Å². The summed E-state index contributed by atoms with van der Waals surface area (Å²) >= 11 is 0. The zero-order chi connectivity index (χ0) is 40.0. The van der Waals surface area contributed by atoms with Gasteiger partial charge in [0.2, 0.25) is 29.4 Å². The molecule has 0 aromatic heterocycles. The van der Waals surface area contributed by atoms with Crippen LogP contribution in [0.2, 0.25) is 0 Å². The van der Waals surface area contributed by atoms with Gasteiger partial charge in [-0.3, -0.25) is 14.4 Å². The molecule has 0 spiro atoms. The van der Waals surface area contributed by atoms with Crippen LogP contribution in [0, 0.1) is 41.0 Å². The second-order valence-corrected chi connectivity index (χ2v) is 14.5. The number of rotatable bonds is 22. The standard InChI is InChI=1S/C39H55F4N5O5/c1-9-27(37(51)48-30(20-49)23(6)7)44-19-26(17-21(2)3)46-38(52)28(16-15-25-13-11-10-12-14-25)47-39(53)29(18-22(4)5)45-24(8)31-32(40)34(42)36(50)35(43)33(31)41/h10-14,20-23,26-30,44-45,50H,8-9,15-19H2,1-7H3,(H,46,52)(H,47,53)(H,48,51)/t26?,27-,28-,29?,30?/m0/s1.